The van der Waals surface area contributed by atoms with Gasteiger partial charge in [0.2, 0.25) is 11.8 Å². The highest BCUT2D eigenvalue weighted by Crippen LogP contribution is 2.32. The number of unbranched alkanes of at least 4 members (excludes halogenated alkanes) is 13. The molecule has 3 rings (SSSR count). The first-order valence-corrected chi connectivity index (χ1v) is 14.7. The molecule has 0 saturated carbocycles. The highest BCUT2D eigenvalue weighted by Gasteiger charge is 2.40. The number of amides is 4. The van der Waals surface area contributed by atoms with Gasteiger partial charge in [0.05, 0.1) is 6.61 Å². The number of hydrogen-bond acceptors (Lipinski definition) is 5. The minimum atomic E-state index is -0.687. The summed E-state index contributed by atoms with van der Waals surface area (Å²) in [4.78, 5) is 50.5. The van der Waals surface area contributed by atoms with E-state index in [1.54, 1.807) is 18.2 Å². The quantitative estimate of drug-likeness (QED) is 0.178. The molecule has 1 aromatic carbocycles. The third-order valence-electron chi connectivity index (χ3n) is 7.55. The van der Waals surface area contributed by atoms with Crippen LogP contribution in [0.5, 0.6) is 0 Å². The highest BCUT2D eigenvalue weighted by molar-refractivity contribution is 6.06. The molecule has 1 fully saturated rings. The van der Waals surface area contributed by atoms with Crippen molar-refractivity contribution in [1.29, 1.82) is 0 Å². The molecule has 8 nitrogen and oxygen atoms in total. The second-order valence-corrected chi connectivity index (χ2v) is 10.6. The first-order valence-electron chi connectivity index (χ1n) is 14.7. The van der Waals surface area contributed by atoms with Gasteiger partial charge in [0.15, 0.2) is 0 Å². The molecular weight excluding hydrogens is 482 g/mol. The van der Waals surface area contributed by atoms with Crippen molar-refractivity contribution in [1.82, 2.24) is 10.2 Å². The monoisotopic (exact) mass is 527 g/mol. The van der Waals surface area contributed by atoms with Crippen LogP contribution in [0.2, 0.25) is 0 Å². The molecule has 0 radical (unpaired) electrons. The number of nitrogens with one attached hydrogen (secondary N) is 2. The molecule has 0 spiro atoms. The van der Waals surface area contributed by atoms with E-state index in [0.29, 0.717) is 29.8 Å². The molecule has 2 N–H and O–H groups in total. The topological polar surface area (TPSA) is 105 Å². The van der Waals surface area contributed by atoms with E-state index >= 15 is 0 Å². The number of carbonyl (C=O) groups is 4. The standard InChI is InChI=1S/C30H45N3O5/c1-2-3-4-5-6-7-8-9-10-11-12-13-14-15-21-38-30(37)31-25-18-16-17-23-24(25)22-33(29(23)36)26-19-20-27(34)32-28(26)35/h16-18,26H,2-15,19-22H2,1H3,(H,31,37)(H,32,34,35). The molecule has 1 saturated heterocycles. The molecule has 8 heteroatoms. The van der Waals surface area contributed by atoms with E-state index in [2.05, 4.69) is 17.6 Å². The molecule has 4 amide bonds. The molecule has 0 aliphatic carbocycles. The minimum Gasteiger partial charge on any atom is -0.449 e. The zero-order valence-corrected chi connectivity index (χ0v) is 23.0. The average molecular weight is 528 g/mol. The minimum absolute atomic E-state index is 0.202. The zero-order chi connectivity index (χ0) is 27.2. The molecule has 1 unspecified atom stereocenters. The van der Waals surface area contributed by atoms with Crippen LogP contribution in [-0.2, 0) is 20.9 Å². The Labute approximate surface area is 227 Å². The smallest absolute Gasteiger partial charge is 0.411 e. The van der Waals surface area contributed by atoms with Crippen molar-refractivity contribution in [2.24, 2.45) is 0 Å². The number of benzene rings is 1. The third kappa shape index (κ3) is 9.14. The summed E-state index contributed by atoms with van der Waals surface area (Å²) in [5.74, 6) is -1.04. The van der Waals surface area contributed by atoms with Crippen LogP contribution in [0.3, 0.4) is 0 Å². The number of nitrogens with zero attached hydrogens (tertiary/aromatic N) is 1. The van der Waals surface area contributed by atoms with Crippen LogP contribution in [0.1, 0.15) is 126 Å². The van der Waals surface area contributed by atoms with E-state index in [0.717, 1.165) is 19.3 Å². The Hall–Kier alpha value is -2.90. The number of piperidine rings is 1. The van der Waals surface area contributed by atoms with Crippen LogP contribution < -0.4 is 10.6 Å². The summed E-state index contributed by atoms with van der Waals surface area (Å²) in [6.45, 7) is 2.82. The first kappa shape index (κ1) is 29.7. The van der Waals surface area contributed by atoms with Crippen molar-refractivity contribution in [3.63, 3.8) is 0 Å². The first-order chi connectivity index (χ1) is 18.5. The van der Waals surface area contributed by atoms with Gasteiger partial charge < -0.3 is 9.64 Å². The van der Waals surface area contributed by atoms with Crippen LogP contribution in [0, 0.1) is 0 Å². The Balaban J connectivity index is 1.27. The van der Waals surface area contributed by atoms with E-state index < -0.39 is 18.0 Å². The maximum atomic E-state index is 12.9. The van der Waals surface area contributed by atoms with Gasteiger partial charge in [0.25, 0.3) is 5.91 Å². The number of rotatable bonds is 17. The zero-order valence-electron chi connectivity index (χ0n) is 23.0. The Bertz CT molecular complexity index is 948. The Kier molecular flexibility index (Phi) is 12.6. The van der Waals surface area contributed by atoms with Crippen molar-refractivity contribution in [2.75, 3.05) is 11.9 Å². The summed E-state index contributed by atoms with van der Waals surface area (Å²) >= 11 is 0. The number of ether oxygens (including phenoxy) is 1. The number of anilines is 1. The summed E-state index contributed by atoms with van der Waals surface area (Å²) in [6, 6.07) is 4.43. The van der Waals surface area contributed by atoms with E-state index in [1.807, 2.05) is 0 Å². The number of carbonyl (C=O) groups excluding carboxylic acids is 4. The molecule has 2 aliphatic rings. The van der Waals surface area contributed by atoms with Crippen LogP contribution >= 0.6 is 0 Å². The molecule has 210 valence electrons. The predicted octanol–water partition coefficient (Wildman–Crippen LogP) is 6.48. The van der Waals surface area contributed by atoms with Gasteiger partial charge in [-0.15, -0.1) is 0 Å². The van der Waals surface area contributed by atoms with Gasteiger partial charge in [0.1, 0.15) is 6.04 Å². The Morgan fingerprint density at radius 2 is 1.53 bits per heavy atom. The van der Waals surface area contributed by atoms with Crippen LogP contribution in [0.25, 0.3) is 0 Å². The lowest BCUT2D eigenvalue weighted by Crippen LogP contribution is -2.52. The van der Waals surface area contributed by atoms with E-state index in [-0.39, 0.29) is 24.8 Å². The van der Waals surface area contributed by atoms with Gasteiger partial charge in [-0.3, -0.25) is 25.0 Å². The fourth-order valence-corrected chi connectivity index (χ4v) is 5.31. The van der Waals surface area contributed by atoms with Crippen molar-refractivity contribution in [3.8, 4) is 0 Å². The van der Waals surface area contributed by atoms with Gasteiger partial charge >= 0.3 is 6.09 Å². The number of hydrogen-bond donors (Lipinski definition) is 2. The molecule has 38 heavy (non-hydrogen) atoms. The molecule has 0 bridgehead atoms. The van der Waals surface area contributed by atoms with Gasteiger partial charge in [-0.2, -0.15) is 0 Å². The fourth-order valence-electron chi connectivity index (χ4n) is 5.31. The second-order valence-electron chi connectivity index (χ2n) is 10.6. The second kappa shape index (κ2) is 16.1. The molecular formula is C30H45N3O5. The maximum Gasteiger partial charge on any atom is 0.411 e. The average Bonchev–Trinajstić information content (AvgIpc) is 3.23. The van der Waals surface area contributed by atoms with Crippen LogP contribution in [-0.4, -0.2) is 41.4 Å². The van der Waals surface area contributed by atoms with E-state index in [9.17, 15) is 19.2 Å². The molecule has 2 heterocycles. The van der Waals surface area contributed by atoms with Crippen LogP contribution in [0.4, 0.5) is 10.5 Å². The summed E-state index contributed by atoms with van der Waals surface area (Å²) in [5, 5.41) is 5.06. The maximum absolute atomic E-state index is 12.9. The molecule has 1 atom stereocenters. The van der Waals surface area contributed by atoms with Crippen molar-refractivity contribution in [3.05, 3.63) is 29.3 Å². The van der Waals surface area contributed by atoms with E-state index in [1.165, 1.54) is 75.5 Å². The lowest BCUT2D eigenvalue weighted by molar-refractivity contribution is -0.136. The third-order valence-corrected chi connectivity index (χ3v) is 7.55. The summed E-state index contributed by atoms with van der Waals surface area (Å²) in [7, 11) is 0. The predicted molar refractivity (Wildman–Crippen MR) is 148 cm³/mol. The van der Waals surface area contributed by atoms with Crippen molar-refractivity contribution < 1.29 is 23.9 Å². The fraction of sp³-hybridized carbons (Fsp3) is 0.667. The van der Waals surface area contributed by atoms with Gasteiger partial charge in [-0.05, 0) is 25.0 Å². The lowest BCUT2D eigenvalue weighted by atomic mass is 10.0. The summed E-state index contributed by atoms with van der Waals surface area (Å²) in [6.07, 6.45) is 17.8. The lowest BCUT2D eigenvalue weighted by Gasteiger charge is -2.29. The molecule has 2 aliphatic heterocycles. The Morgan fingerprint density at radius 3 is 2.13 bits per heavy atom. The van der Waals surface area contributed by atoms with Gasteiger partial charge in [-0.25, -0.2) is 4.79 Å². The van der Waals surface area contributed by atoms with Crippen LogP contribution in [0.15, 0.2) is 18.2 Å². The SMILES string of the molecule is CCCCCCCCCCCCCCCCOC(=O)Nc1cccc2c1CN(C1CCC(=O)NC1=O)C2=O. The van der Waals surface area contributed by atoms with Crippen molar-refractivity contribution in [2.45, 2.75) is 122 Å². The summed E-state index contributed by atoms with van der Waals surface area (Å²) in [5.41, 5.74) is 1.63. The van der Waals surface area contributed by atoms with Crippen molar-refractivity contribution >= 4 is 29.5 Å². The molecule has 0 aromatic heterocycles. The normalized spacial score (nSPS) is 16.9. The highest BCUT2D eigenvalue weighted by atomic mass is 16.5. The van der Waals surface area contributed by atoms with E-state index in [4.69, 9.17) is 4.74 Å². The number of imide groups is 1. The summed E-state index contributed by atoms with van der Waals surface area (Å²) < 4.78 is 5.36. The Morgan fingerprint density at radius 1 is 0.921 bits per heavy atom. The van der Waals surface area contributed by atoms with Gasteiger partial charge in [0, 0.05) is 29.8 Å². The largest absolute Gasteiger partial charge is 0.449 e. The number of fused-ring (bicyclic) bond motifs is 1. The van der Waals surface area contributed by atoms with Gasteiger partial charge in [-0.1, -0.05) is 96.5 Å². The molecule has 1 aromatic rings.